The Morgan fingerprint density at radius 2 is 2.09 bits per heavy atom. The van der Waals surface area contributed by atoms with Crippen LogP contribution in [0.2, 0.25) is 12.6 Å². The highest BCUT2D eigenvalue weighted by Gasteiger charge is 2.10. The quantitative estimate of drug-likeness (QED) is 0.601. The van der Waals surface area contributed by atoms with Crippen LogP contribution in [0.3, 0.4) is 0 Å². The third-order valence-electron chi connectivity index (χ3n) is 2.22. The van der Waals surface area contributed by atoms with E-state index in [4.69, 9.17) is 4.42 Å². The maximum Gasteiger partial charge on any atom is 0.148 e. The summed E-state index contributed by atoms with van der Waals surface area (Å²) in [6.45, 7) is 5.26. The van der Waals surface area contributed by atoms with Crippen LogP contribution in [-0.4, -0.2) is 6.71 Å². The molecule has 0 bridgehead atoms. The monoisotopic (exact) mass is 150 g/mol. The molecule has 0 aromatic carbocycles. The van der Waals surface area contributed by atoms with E-state index >= 15 is 0 Å². The lowest BCUT2D eigenvalue weighted by Gasteiger charge is -2.04. The van der Waals surface area contributed by atoms with Crippen molar-refractivity contribution in [1.29, 1.82) is 0 Å². The zero-order chi connectivity index (χ0) is 8.10. The van der Waals surface area contributed by atoms with Crippen molar-refractivity contribution in [2.45, 2.75) is 32.8 Å². The molecule has 0 spiro atoms. The topological polar surface area (TPSA) is 13.1 Å². The standard InChI is InChI=1S/C9H15BO/c1-3-10(4-2)8-9-6-5-7-11-9/h5-7H,3-4,8H2,1-2H3. The SMILES string of the molecule is CCB(CC)Cc1ccco1. The van der Waals surface area contributed by atoms with E-state index in [-0.39, 0.29) is 0 Å². The van der Waals surface area contributed by atoms with Crippen molar-refractivity contribution in [3.63, 3.8) is 0 Å². The average Bonchev–Trinajstić information content (AvgIpc) is 2.52. The van der Waals surface area contributed by atoms with Crippen LogP contribution >= 0.6 is 0 Å². The molecule has 0 N–H and O–H groups in total. The van der Waals surface area contributed by atoms with Gasteiger partial charge in [0.15, 0.2) is 0 Å². The first kappa shape index (κ1) is 8.44. The summed E-state index contributed by atoms with van der Waals surface area (Å²) in [6, 6.07) is 4.01. The van der Waals surface area contributed by atoms with Gasteiger partial charge in [-0.3, -0.25) is 0 Å². The molecule has 0 saturated carbocycles. The Labute approximate surface area is 68.9 Å². The largest absolute Gasteiger partial charge is 0.470 e. The Hall–Kier alpha value is -0.655. The maximum atomic E-state index is 5.27. The lowest BCUT2D eigenvalue weighted by molar-refractivity contribution is 0.527. The Balaban J connectivity index is 2.41. The summed E-state index contributed by atoms with van der Waals surface area (Å²) in [5.41, 5.74) is 0. The summed E-state index contributed by atoms with van der Waals surface area (Å²) in [6.07, 6.45) is 5.34. The van der Waals surface area contributed by atoms with E-state index in [1.807, 2.05) is 6.07 Å². The minimum atomic E-state index is 0.793. The highest BCUT2D eigenvalue weighted by atomic mass is 16.3. The first-order valence-electron chi connectivity index (χ1n) is 4.39. The van der Waals surface area contributed by atoms with Gasteiger partial charge >= 0.3 is 0 Å². The van der Waals surface area contributed by atoms with Crippen molar-refractivity contribution in [2.75, 3.05) is 0 Å². The van der Waals surface area contributed by atoms with Gasteiger partial charge in [-0.2, -0.15) is 0 Å². The van der Waals surface area contributed by atoms with E-state index in [0.29, 0.717) is 0 Å². The molecule has 0 atom stereocenters. The van der Waals surface area contributed by atoms with Gasteiger partial charge in [-0.1, -0.05) is 26.5 Å². The molecular formula is C9H15BO. The van der Waals surface area contributed by atoms with Crippen LogP contribution < -0.4 is 0 Å². The highest BCUT2D eigenvalue weighted by molar-refractivity contribution is 6.57. The fraction of sp³-hybridized carbons (Fsp3) is 0.556. The van der Waals surface area contributed by atoms with E-state index in [1.165, 1.54) is 12.6 Å². The molecule has 11 heavy (non-hydrogen) atoms. The molecule has 0 aliphatic heterocycles. The highest BCUT2D eigenvalue weighted by Crippen LogP contribution is 2.08. The Morgan fingerprint density at radius 1 is 1.36 bits per heavy atom. The van der Waals surface area contributed by atoms with Gasteiger partial charge in [0.05, 0.1) is 12.0 Å². The summed E-state index contributed by atoms with van der Waals surface area (Å²) < 4.78 is 5.27. The number of furan rings is 1. The van der Waals surface area contributed by atoms with Crippen LogP contribution in [0.4, 0.5) is 0 Å². The van der Waals surface area contributed by atoms with Crippen LogP contribution in [0.1, 0.15) is 19.6 Å². The molecule has 0 amide bonds. The Morgan fingerprint density at radius 3 is 2.55 bits per heavy atom. The summed E-state index contributed by atoms with van der Waals surface area (Å²) in [7, 11) is 0. The van der Waals surface area contributed by atoms with Crippen LogP contribution in [0.15, 0.2) is 22.8 Å². The normalized spacial score (nSPS) is 10.0. The van der Waals surface area contributed by atoms with Crippen molar-refractivity contribution in [1.82, 2.24) is 0 Å². The fourth-order valence-corrected chi connectivity index (χ4v) is 1.29. The minimum Gasteiger partial charge on any atom is -0.470 e. The smallest absolute Gasteiger partial charge is 0.148 e. The lowest BCUT2D eigenvalue weighted by atomic mass is 9.43. The fourth-order valence-electron chi connectivity index (χ4n) is 1.29. The molecule has 1 aromatic rings. The summed E-state index contributed by atoms with van der Waals surface area (Å²) in [5, 5.41) is 0. The first-order valence-corrected chi connectivity index (χ1v) is 4.39. The molecule has 0 saturated heterocycles. The third kappa shape index (κ3) is 2.45. The van der Waals surface area contributed by atoms with Gasteiger partial charge in [-0.25, -0.2) is 0 Å². The van der Waals surface area contributed by atoms with Gasteiger partial charge in [-0.15, -0.1) is 0 Å². The summed E-state index contributed by atoms with van der Waals surface area (Å²) >= 11 is 0. The molecule has 0 fully saturated rings. The number of rotatable bonds is 4. The minimum absolute atomic E-state index is 0.793. The predicted octanol–water partition coefficient (Wildman–Crippen LogP) is 2.90. The van der Waals surface area contributed by atoms with Gasteiger partial charge in [0.25, 0.3) is 0 Å². The van der Waals surface area contributed by atoms with E-state index < -0.39 is 0 Å². The van der Waals surface area contributed by atoms with Gasteiger partial charge in [0.1, 0.15) is 6.71 Å². The van der Waals surface area contributed by atoms with E-state index in [0.717, 1.165) is 18.8 Å². The summed E-state index contributed by atoms with van der Waals surface area (Å²) in [4.78, 5) is 0. The van der Waals surface area contributed by atoms with Crippen molar-refractivity contribution >= 4 is 6.71 Å². The lowest BCUT2D eigenvalue weighted by Crippen LogP contribution is -2.12. The van der Waals surface area contributed by atoms with Crippen molar-refractivity contribution in [3.8, 4) is 0 Å². The Kier molecular flexibility index (Phi) is 3.28. The van der Waals surface area contributed by atoms with E-state index in [2.05, 4.69) is 19.9 Å². The second-order valence-electron chi connectivity index (χ2n) is 2.97. The first-order chi connectivity index (χ1) is 5.36. The summed E-state index contributed by atoms with van der Waals surface area (Å²) in [5.74, 6) is 1.12. The van der Waals surface area contributed by atoms with Crippen LogP contribution in [0.5, 0.6) is 0 Å². The molecule has 2 heteroatoms. The zero-order valence-electron chi connectivity index (χ0n) is 7.34. The second kappa shape index (κ2) is 4.27. The molecule has 1 heterocycles. The van der Waals surface area contributed by atoms with Crippen molar-refractivity contribution < 1.29 is 4.42 Å². The van der Waals surface area contributed by atoms with Gasteiger partial charge in [-0.05, 0) is 18.5 Å². The Bertz CT molecular complexity index is 177. The van der Waals surface area contributed by atoms with Gasteiger partial charge < -0.3 is 4.42 Å². The van der Waals surface area contributed by atoms with Gasteiger partial charge in [0, 0.05) is 0 Å². The van der Waals surface area contributed by atoms with E-state index in [9.17, 15) is 0 Å². The second-order valence-corrected chi connectivity index (χ2v) is 2.97. The van der Waals surface area contributed by atoms with Crippen molar-refractivity contribution in [3.05, 3.63) is 24.2 Å². The molecule has 0 aliphatic rings. The van der Waals surface area contributed by atoms with Crippen LogP contribution in [0, 0.1) is 0 Å². The average molecular weight is 150 g/mol. The van der Waals surface area contributed by atoms with Crippen molar-refractivity contribution in [2.24, 2.45) is 0 Å². The third-order valence-corrected chi connectivity index (χ3v) is 2.22. The van der Waals surface area contributed by atoms with Gasteiger partial charge in [0.2, 0.25) is 0 Å². The molecule has 1 rings (SSSR count). The molecule has 1 aromatic heterocycles. The molecule has 60 valence electrons. The predicted molar refractivity (Wildman–Crippen MR) is 49.1 cm³/mol. The molecule has 0 aliphatic carbocycles. The van der Waals surface area contributed by atoms with Crippen LogP contribution in [-0.2, 0) is 6.32 Å². The van der Waals surface area contributed by atoms with E-state index in [1.54, 1.807) is 6.26 Å². The molecule has 0 radical (unpaired) electrons. The molecule has 1 nitrogen and oxygen atoms in total. The molecular weight excluding hydrogens is 135 g/mol. The van der Waals surface area contributed by atoms with Crippen LogP contribution in [0.25, 0.3) is 0 Å². The number of hydrogen-bond acceptors (Lipinski definition) is 1. The zero-order valence-corrected chi connectivity index (χ0v) is 7.34. The molecule has 0 unspecified atom stereocenters. The number of hydrogen-bond donors (Lipinski definition) is 0. The maximum absolute atomic E-state index is 5.27.